The van der Waals surface area contributed by atoms with Crippen LogP contribution >= 0.6 is 23.2 Å². The van der Waals surface area contributed by atoms with Gasteiger partial charge in [0, 0.05) is 31.8 Å². The van der Waals surface area contributed by atoms with Crippen molar-refractivity contribution in [1.29, 1.82) is 0 Å². The Kier molecular flexibility index (Phi) is 6.19. The molecule has 0 N–H and O–H groups in total. The molecule has 6 nitrogen and oxygen atoms in total. The summed E-state index contributed by atoms with van der Waals surface area (Å²) in [7, 11) is 1.58. The van der Waals surface area contributed by atoms with E-state index in [1.54, 1.807) is 7.05 Å². The highest BCUT2D eigenvalue weighted by Crippen LogP contribution is 2.33. The number of hydrogen-bond acceptors (Lipinski definition) is 4. The zero-order valence-electron chi connectivity index (χ0n) is 11.1. The number of nitro groups is 1. The molecule has 0 aliphatic rings. The van der Waals surface area contributed by atoms with Crippen molar-refractivity contribution >= 4 is 34.8 Å². The number of nitrogens with zero attached hydrogens (tertiary/aromatic N) is 2. The Morgan fingerprint density at radius 2 is 2.10 bits per heavy atom. The Morgan fingerprint density at radius 3 is 2.65 bits per heavy atom. The van der Waals surface area contributed by atoms with Crippen LogP contribution in [0.1, 0.15) is 17.3 Å². The van der Waals surface area contributed by atoms with Crippen LogP contribution in [0.5, 0.6) is 0 Å². The lowest BCUT2D eigenvalue weighted by molar-refractivity contribution is -0.384. The molecule has 1 amide bonds. The van der Waals surface area contributed by atoms with E-state index in [0.717, 1.165) is 6.07 Å². The van der Waals surface area contributed by atoms with Crippen LogP contribution in [0.4, 0.5) is 5.69 Å². The van der Waals surface area contributed by atoms with Gasteiger partial charge in [-0.2, -0.15) is 0 Å². The maximum absolute atomic E-state index is 12.1. The van der Waals surface area contributed by atoms with E-state index in [4.69, 9.17) is 27.9 Å². The predicted octanol–water partition coefficient (Wildman–Crippen LogP) is 3.01. The van der Waals surface area contributed by atoms with E-state index in [-0.39, 0.29) is 27.2 Å². The summed E-state index contributed by atoms with van der Waals surface area (Å²) < 4.78 is 5.15. The molecule has 20 heavy (non-hydrogen) atoms. The molecule has 1 aromatic rings. The minimum Gasteiger partial charge on any atom is -0.380 e. The van der Waals surface area contributed by atoms with Gasteiger partial charge in [-0.3, -0.25) is 14.9 Å². The normalized spacial score (nSPS) is 10.4. The van der Waals surface area contributed by atoms with Crippen LogP contribution in [0.3, 0.4) is 0 Å². The van der Waals surface area contributed by atoms with E-state index in [9.17, 15) is 14.9 Å². The number of halogens is 2. The third-order valence-corrected chi connectivity index (χ3v) is 3.37. The highest BCUT2D eigenvalue weighted by molar-refractivity contribution is 6.43. The smallest absolute Gasteiger partial charge is 0.290 e. The molecule has 0 spiro atoms. The molecule has 0 radical (unpaired) electrons. The van der Waals surface area contributed by atoms with Gasteiger partial charge < -0.3 is 9.64 Å². The summed E-state index contributed by atoms with van der Waals surface area (Å²) in [6, 6.07) is 2.43. The molecule has 0 bridgehead atoms. The van der Waals surface area contributed by atoms with Gasteiger partial charge in [0.25, 0.3) is 11.6 Å². The van der Waals surface area contributed by atoms with Gasteiger partial charge in [-0.1, -0.05) is 23.2 Å². The number of likely N-dealkylation sites (N-methyl/N-ethyl adjacent to an activating group) is 1. The summed E-state index contributed by atoms with van der Waals surface area (Å²) in [5.41, 5.74) is -0.272. The van der Waals surface area contributed by atoms with Gasteiger partial charge in [0.05, 0.1) is 16.6 Å². The Hall–Kier alpha value is -1.37. The Bertz CT molecular complexity index is 522. The number of nitro benzene ring substituents is 1. The number of rotatable bonds is 6. The number of benzene rings is 1. The molecule has 0 atom stereocenters. The summed E-state index contributed by atoms with van der Waals surface area (Å²) in [6.07, 6.45) is 0. The largest absolute Gasteiger partial charge is 0.380 e. The monoisotopic (exact) mass is 320 g/mol. The first-order valence-electron chi connectivity index (χ1n) is 5.85. The second-order valence-electron chi connectivity index (χ2n) is 3.97. The molecular formula is C12H14Cl2N2O4. The summed E-state index contributed by atoms with van der Waals surface area (Å²) >= 11 is 11.5. The van der Waals surface area contributed by atoms with Crippen molar-refractivity contribution in [2.45, 2.75) is 6.92 Å². The van der Waals surface area contributed by atoms with Crippen LogP contribution in [-0.4, -0.2) is 42.5 Å². The molecule has 110 valence electrons. The fourth-order valence-corrected chi connectivity index (χ4v) is 1.89. The van der Waals surface area contributed by atoms with Crippen molar-refractivity contribution in [3.05, 3.63) is 37.9 Å². The third-order valence-electron chi connectivity index (χ3n) is 2.57. The van der Waals surface area contributed by atoms with E-state index in [1.807, 2.05) is 6.92 Å². The highest BCUT2D eigenvalue weighted by Gasteiger charge is 2.21. The lowest BCUT2D eigenvalue weighted by Crippen LogP contribution is -2.30. The van der Waals surface area contributed by atoms with Gasteiger partial charge in [0.15, 0.2) is 0 Å². The number of amides is 1. The molecule has 0 saturated heterocycles. The predicted molar refractivity (Wildman–Crippen MR) is 76.6 cm³/mol. The van der Waals surface area contributed by atoms with Crippen molar-refractivity contribution < 1.29 is 14.5 Å². The Labute approximate surface area is 126 Å². The van der Waals surface area contributed by atoms with Gasteiger partial charge >= 0.3 is 0 Å². The summed E-state index contributed by atoms with van der Waals surface area (Å²) in [6.45, 7) is 3.17. The highest BCUT2D eigenvalue weighted by atomic mass is 35.5. The van der Waals surface area contributed by atoms with Crippen LogP contribution in [0.15, 0.2) is 12.1 Å². The lowest BCUT2D eigenvalue weighted by Gasteiger charge is -2.17. The van der Waals surface area contributed by atoms with Crippen LogP contribution in [0.2, 0.25) is 10.0 Å². The maximum atomic E-state index is 12.1. The molecule has 0 aliphatic heterocycles. The number of hydrogen-bond donors (Lipinski definition) is 0. The molecule has 0 unspecified atom stereocenters. The summed E-state index contributed by atoms with van der Waals surface area (Å²) in [5.74, 6) is -0.383. The molecule has 0 saturated carbocycles. The van der Waals surface area contributed by atoms with E-state index in [0.29, 0.717) is 19.8 Å². The van der Waals surface area contributed by atoms with Gasteiger partial charge in [0.2, 0.25) is 0 Å². The van der Waals surface area contributed by atoms with Crippen molar-refractivity contribution in [1.82, 2.24) is 4.90 Å². The molecule has 1 rings (SSSR count). The Balaban J connectivity index is 2.96. The molecular weight excluding hydrogens is 307 g/mol. The minimum atomic E-state index is -0.675. The first kappa shape index (κ1) is 16.7. The van der Waals surface area contributed by atoms with E-state index in [2.05, 4.69) is 0 Å². The second-order valence-corrected chi connectivity index (χ2v) is 4.76. The number of carbonyl (C=O) groups excluding carboxylic acids is 1. The topological polar surface area (TPSA) is 72.7 Å². The Morgan fingerprint density at radius 1 is 1.45 bits per heavy atom. The average Bonchev–Trinajstić information content (AvgIpc) is 2.40. The molecule has 0 aromatic heterocycles. The number of ether oxygens (including phenoxy) is 1. The lowest BCUT2D eigenvalue weighted by atomic mass is 10.1. The third kappa shape index (κ3) is 4.06. The zero-order chi connectivity index (χ0) is 15.3. The van der Waals surface area contributed by atoms with Crippen molar-refractivity contribution in [3.63, 3.8) is 0 Å². The zero-order valence-corrected chi connectivity index (χ0v) is 12.6. The van der Waals surface area contributed by atoms with Crippen LogP contribution in [0, 0.1) is 10.1 Å². The fourth-order valence-electron chi connectivity index (χ4n) is 1.50. The van der Waals surface area contributed by atoms with Crippen LogP contribution in [-0.2, 0) is 4.74 Å². The van der Waals surface area contributed by atoms with E-state index in [1.165, 1.54) is 11.0 Å². The van der Waals surface area contributed by atoms with Crippen molar-refractivity contribution in [3.8, 4) is 0 Å². The first-order valence-corrected chi connectivity index (χ1v) is 6.60. The second kappa shape index (κ2) is 7.42. The average molecular weight is 321 g/mol. The molecule has 0 aliphatic carbocycles. The van der Waals surface area contributed by atoms with E-state index >= 15 is 0 Å². The molecule has 0 fully saturated rings. The standard InChI is InChI=1S/C12H14Cl2N2O4/c1-3-20-5-4-15(2)12(17)8-6-9(13)11(14)10(7-8)16(18)19/h6-7H,3-5H2,1-2H3. The molecule has 8 heteroatoms. The van der Waals surface area contributed by atoms with Crippen molar-refractivity contribution in [2.75, 3.05) is 26.8 Å². The van der Waals surface area contributed by atoms with Gasteiger partial charge in [0.1, 0.15) is 5.02 Å². The SMILES string of the molecule is CCOCCN(C)C(=O)c1cc(Cl)c(Cl)c([N+](=O)[O-])c1. The summed E-state index contributed by atoms with van der Waals surface area (Å²) in [5, 5.41) is 10.6. The quantitative estimate of drug-likeness (QED) is 0.459. The van der Waals surface area contributed by atoms with Crippen LogP contribution in [0.25, 0.3) is 0 Å². The minimum absolute atomic E-state index is 0.0255. The fraction of sp³-hybridized carbons (Fsp3) is 0.417. The number of carbonyl (C=O) groups is 1. The van der Waals surface area contributed by atoms with Gasteiger partial charge in [-0.05, 0) is 13.0 Å². The first-order chi connectivity index (χ1) is 9.38. The van der Waals surface area contributed by atoms with Crippen molar-refractivity contribution in [2.24, 2.45) is 0 Å². The molecule has 0 heterocycles. The molecule has 1 aromatic carbocycles. The van der Waals surface area contributed by atoms with Gasteiger partial charge in [-0.25, -0.2) is 0 Å². The van der Waals surface area contributed by atoms with Gasteiger partial charge in [-0.15, -0.1) is 0 Å². The summed E-state index contributed by atoms with van der Waals surface area (Å²) in [4.78, 5) is 23.7. The maximum Gasteiger partial charge on any atom is 0.290 e. The van der Waals surface area contributed by atoms with Crippen LogP contribution < -0.4 is 0 Å². The van der Waals surface area contributed by atoms with E-state index < -0.39 is 4.92 Å².